The molecule has 1 heterocycles. The van der Waals surface area contributed by atoms with Gasteiger partial charge in [-0.2, -0.15) is 0 Å². The van der Waals surface area contributed by atoms with Crippen molar-refractivity contribution in [1.82, 2.24) is 0 Å². The summed E-state index contributed by atoms with van der Waals surface area (Å²) >= 11 is 0. The van der Waals surface area contributed by atoms with Gasteiger partial charge in [0.2, 0.25) is 0 Å². The second-order valence-electron chi connectivity index (χ2n) is 5.53. The normalized spacial score (nSPS) is 29.6. The Bertz CT molecular complexity index is 439. The van der Waals surface area contributed by atoms with E-state index in [0.717, 1.165) is 17.9 Å². The SMILES string of the molecule is CC1(C)C(O)CC1c1ccc2c(c1)OCCO2. The van der Waals surface area contributed by atoms with E-state index in [9.17, 15) is 5.11 Å². The van der Waals surface area contributed by atoms with Crippen LogP contribution in [0.3, 0.4) is 0 Å². The van der Waals surface area contributed by atoms with Gasteiger partial charge in [-0.1, -0.05) is 19.9 Å². The van der Waals surface area contributed by atoms with Crippen LogP contribution in [0.1, 0.15) is 31.7 Å². The molecule has 3 heteroatoms. The Morgan fingerprint density at radius 1 is 1.18 bits per heavy atom. The highest BCUT2D eigenvalue weighted by Crippen LogP contribution is 2.53. The summed E-state index contributed by atoms with van der Waals surface area (Å²) in [7, 11) is 0. The quantitative estimate of drug-likeness (QED) is 0.810. The molecule has 0 spiro atoms. The average molecular weight is 234 g/mol. The van der Waals surface area contributed by atoms with Crippen LogP contribution in [0, 0.1) is 5.41 Å². The van der Waals surface area contributed by atoms with Crippen LogP contribution in [0.2, 0.25) is 0 Å². The molecule has 0 aromatic heterocycles. The van der Waals surface area contributed by atoms with Crippen LogP contribution in [0.25, 0.3) is 0 Å². The van der Waals surface area contributed by atoms with E-state index < -0.39 is 0 Å². The lowest BCUT2D eigenvalue weighted by molar-refractivity contribution is -0.0626. The van der Waals surface area contributed by atoms with E-state index in [4.69, 9.17) is 9.47 Å². The monoisotopic (exact) mass is 234 g/mol. The molecule has 0 radical (unpaired) electrons. The maximum Gasteiger partial charge on any atom is 0.161 e. The van der Waals surface area contributed by atoms with Gasteiger partial charge in [-0.15, -0.1) is 0 Å². The number of aliphatic hydroxyl groups is 1. The number of benzene rings is 1. The standard InChI is InChI=1S/C14H18O3/c1-14(2)10(8-13(14)15)9-3-4-11-12(7-9)17-6-5-16-11/h3-4,7,10,13,15H,5-6,8H2,1-2H3. The van der Waals surface area contributed by atoms with Gasteiger partial charge >= 0.3 is 0 Å². The minimum atomic E-state index is -0.194. The van der Waals surface area contributed by atoms with Crippen LogP contribution in [0.4, 0.5) is 0 Å². The van der Waals surface area contributed by atoms with Crippen molar-refractivity contribution in [1.29, 1.82) is 0 Å². The molecule has 1 fully saturated rings. The Labute approximate surface area is 101 Å². The van der Waals surface area contributed by atoms with Gasteiger partial charge in [0.25, 0.3) is 0 Å². The lowest BCUT2D eigenvalue weighted by Crippen LogP contribution is -2.47. The van der Waals surface area contributed by atoms with Crippen LogP contribution >= 0.6 is 0 Å². The van der Waals surface area contributed by atoms with E-state index in [0.29, 0.717) is 19.1 Å². The molecule has 2 unspecified atom stereocenters. The second kappa shape index (κ2) is 3.64. The summed E-state index contributed by atoms with van der Waals surface area (Å²) in [5.74, 6) is 2.08. The molecular formula is C14H18O3. The molecule has 1 aliphatic heterocycles. The van der Waals surface area contributed by atoms with Gasteiger partial charge in [-0.05, 0) is 35.4 Å². The molecule has 92 valence electrons. The smallest absolute Gasteiger partial charge is 0.161 e. The van der Waals surface area contributed by atoms with Crippen LogP contribution in [-0.4, -0.2) is 24.4 Å². The van der Waals surface area contributed by atoms with Crippen molar-refractivity contribution in [3.05, 3.63) is 23.8 Å². The summed E-state index contributed by atoms with van der Waals surface area (Å²) in [5, 5.41) is 9.79. The molecule has 0 bridgehead atoms. The number of hydrogen-bond donors (Lipinski definition) is 1. The molecule has 3 nitrogen and oxygen atoms in total. The van der Waals surface area contributed by atoms with E-state index >= 15 is 0 Å². The zero-order valence-corrected chi connectivity index (χ0v) is 10.3. The van der Waals surface area contributed by atoms with E-state index in [1.165, 1.54) is 5.56 Å². The Hall–Kier alpha value is -1.22. The predicted octanol–water partition coefficient (Wildman–Crippen LogP) is 2.33. The van der Waals surface area contributed by atoms with Crippen molar-refractivity contribution in [2.75, 3.05) is 13.2 Å². The number of aliphatic hydroxyl groups excluding tert-OH is 1. The van der Waals surface area contributed by atoms with Gasteiger partial charge in [0.15, 0.2) is 11.5 Å². The first-order valence-electron chi connectivity index (χ1n) is 6.16. The molecule has 1 saturated carbocycles. The molecule has 2 atom stereocenters. The second-order valence-corrected chi connectivity index (χ2v) is 5.53. The minimum absolute atomic E-state index is 0.0379. The highest BCUT2D eigenvalue weighted by molar-refractivity contribution is 5.45. The van der Waals surface area contributed by atoms with E-state index in [2.05, 4.69) is 26.0 Å². The molecule has 0 amide bonds. The highest BCUT2D eigenvalue weighted by Gasteiger charge is 2.47. The maximum absolute atomic E-state index is 9.79. The van der Waals surface area contributed by atoms with Crippen molar-refractivity contribution < 1.29 is 14.6 Å². The third-order valence-corrected chi connectivity index (χ3v) is 4.18. The van der Waals surface area contributed by atoms with E-state index in [-0.39, 0.29) is 11.5 Å². The molecule has 1 aromatic carbocycles. The molecule has 1 aliphatic carbocycles. The van der Waals surface area contributed by atoms with E-state index in [1.807, 2.05) is 6.07 Å². The van der Waals surface area contributed by atoms with Gasteiger partial charge in [0, 0.05) is 0 Å². The van der Waals surface area contributed by atoms with Crippen LogP contribution in [-0.2, 0) is 0 Å². The van der Waals surface area contributed by atoms with Crippen LogP contribution < -0.4 is 9.47 Å². The highest BCUT2D eigenvalue weighted by atomic mass is 16.6. The molecule has 2 aliphatic rings. The fourth-order valence-corrected chi connectivity index (χ4v) is 2.74. The zero-order valence-electron chi connectivity index (χ0n) is 10.3. The average Bonchev–Trinajstić information content (AvgIpc) is 2.35. The number of rotatable bonds is 1. The first-order chi connectivity index (χ1) is 8.09. The molecule has 1 aromatic rings. The van der Waals surface area contributed by atoms with Crippen molar-refractivity contribution in [3.8, 4) is 11.5 Å². The van der Waals surface area contributed by atoms with Crippen molar-refractivity contribution in [3.63, 3.8) is 0 Å². The third-order valence-electron chi connectivity index (χ3n) is 4.18. The van der Waals surface area contributed by atoms with E-state index in [1.54, 1.807) is 0 Å². The summed E-state index contributed by atoms with van der Waals surface area (Å²) in [6.07, 6.45) is 0.646. The topological polar surface area (TPSA) is 38.7 Å². The van der Waals surface area contributed by atoms with Gasteiger partial charge in [-0.3, -0.25) is 0 Å². The fraction of sp³-hybridized carbons (Fsp3) is 0.571. The lowest BCUT2D eigenvalue weighted by atomic mass is 9.58. The number of fused-ring (bicyclic) bond motifs is 1. The molecule has 0 saturated heterocycles. The van der Waals surface area contributed by atoms with Crippen LogP contribution in [0.15, 0.2) is 18.2 Å². The first kappa shape index (κ1) is 10.9. The Morgan fingerprint density at radius 3 is 2.53 bits per heavy atom. The molecule has 1 N–H and O–H groups in total. The number of hydrogen-bond acceptors (Lipinski definition) is 3. The van der Waals surface area contributed by atoms with Gasteiger partial charge < -0.3 is 14.6 Å². The Kier molecular flexibility index (Phi) is 2.33. The van der Waals surface area contributed by atoms with Crippen molar-refractivity contribution >= 4 is 0 Å². The zero-order chi connectivity index (χ0) is 12.0. The largest absolute Gasteiger partial charge is 0.486 e. The molecule has 3 rings (SSSR count). The Morgan fingerprint density at radius 2 is 1.88 bits per heavy atom. The number of ether oxygens (including phenoxy) is 2. The first-order valence-corrected chi connectivity index (χ1v) is 6.16. The molecule has 17 heavy (non-hydrogen) atoms. The summed E-state index contributed by atoms with van der Waals surface area (Å²) in [6, 6.07) is 6.13. The summed E-state index contributed by atoms with van der Waals surface area (Å²) in [6.45, 7) is 5.47. The Balaban J connectivity index is 1.90. The fourth-order valence-electron chi connectivity index (χ4n) is 2.74. The summed E-state index contributed by atoms with van der Waals surface area (Å²) in [5.41, 5.74) is 1.20. The van der Waals surface area contributed by atoms with Crippen molar-refractivity contribution in [2.45, 2.75) is 32.3 Å². The van der Waals surface area contributed by atoms with Gasteiger partial charge in [0.05, 0.1) is 6.10 Å². The minimum Gasteiger partial charge on any atom is -0.486 e. The van der Waals surface area contributed by atoms with Gasteiger partial charge in [-0.25, -0.2) is 0 Å². The van der Waals surface area contributed by atoms with Gasteiger partial charge in [0.1, 0.15) is 13.2 Å². The third kappa shape index (κ3) is 1.61. The van der Waals surface area contributed by atoms with Crippen LogP contribution in [0.5, 0.6) is 11.5 Å². The summed E-state index contributed by atoms with van der Waals surface area (Å²) in [4.78, 5) is 0. The lowest BCUT2D eigenvalue weighted by Gasteiger charge is -2.49. The molecular weight excluding hydrogens is 216 g/mol. The summed E-state index contributed by atoms with van der Waals surface area (Å²) < 4.78 is 11.1. The van der Waals surface area contributed by atoms with Crippen molar-refractivity contribution in [2.24, 2.45) is 5.41 Å². The maximum atomic E-state index is 9.79. The predicted molar refractivity (Wildman–Crippen MR) is 64.6 cm³/mol.